The molecule has 2 N–H and O–H groups in total. The van der Waals surface area contributed by atoms with Crippen molar-refractivity contribution in [2.75, 3.05) is 40.0 Å². The number of sulfonamides is 1. The van der Waals surface area contributed by atoms with Crippen LogP contribution in [0.4, 0.5) is 39.0 Å². The van der Waals surface area contributed by atoms with Crippen molar-refractivity contribution in [1.82, 2.24) is 0 Å². The average Bonchev–Trinajstić information content (AvgIpc) is 3.84. The van der Waals surface area contributed by atoms with Gasteiger partial charge in [-0.3, -0.25) is 9.52 Å². The molecule has 4 aromatic carbocycles. The molecule has 9 nitrogen and oxygen atoms in total. The molecule has 6 rings (SSSR count). The molecule has 286 valence electrons. The first-order valence-corrected chi connectivity index (χ1v) is 19.2. The highest BCUT2D eigenvalue weighted by Gasteiger charge is 2.32. The maximum absolute atomic E-state index is 15.3. The number of carbonyl (C=O) groups excluding carboxylic acids is 1. The lowest BCUT2D eigenvalue weighted by atomic mass is 10.0. The van der Waals surface area contributed by atoms with Crippen molar-refractivity contribution in [3.05, 3.63) is 117 Å². The minimum absolute atomic E-state index is 0.00801. The fraction of sp³-hybridized carbons (Fsp3) is 0.316. The van der Waals surface area contributed by atoms with Crippen LogP contribution in [0.5, 0.6) is 5.75 Å². The van der Waals surface area contributed by atoms with E-state index in [0.29, 0.717) is 11.5 Å². The number of benzene rings is 4. The largest absolute Gasteiger partial charge is 0.492 e. The SMILES string of the molecule is CCOc1cc(C(=O)O)ccc1N(Cc1cc(C2CC2)cc(N2CCCC2)c1)C(=O)CS(=O)(=O)Nc1c(F)c(F)c(Cc2cccc(Cl)c2F)c(F)c1F. The Morgan fingerprint density at radius 2 is 1.63 bits per heavy atom. The normalized spacial score (nSPS) is 14.3. The number of nitrogens with one attached hydrogen (secondary N) is 1. The Bertz CT molecular complexity index is 2200. The van der Waals surface area contributed by atoms with E-state index in [1.165, 1.54) is 29.0 Å². The van der Waals surface area contributed by atoms with Gasteiger partial charge in [-0.2, -0.15) is 0 Å². The number of carbonyl (C=O) groups is 2. The van der Waals surface area contributed by atoms with Gasteiger partial charge in [0.1, 0.15) is 23.0 Å². The summed E-state index contributed by atoms with van der Waals surface area (Å²) in [6.07, 6.45) is 3.01. The molecule has 1 heterocycles. The first-order chi connectivity index (χ1) is 25.7. The third kappa shape index (κ3) is 8.41. The molecule has 0 radical (unpaired) electrons. The lowest BCUT2D eigenvalue weighted by molar-refractivity contribution is -0.116. The number of ether oxygens (including phenoxy) is 1. The topological polar surface area (TPSA) is 116 Å². The van der Waals surface area contributed by atoms with Crippen molar-refractivity contribution < 1.29 is 49.8 Å². The summed E-state index contributed by atoms with van der Waals surface area (Å²) in [7, 11) is -5.10. The van der Waals surface area contributed by atoms with E-state index < -0.39 is 79.4 Å². The highest BCUT2D eigenvalue weighted by atomic mass is 35.5. The summed E-state index contributed by atoms with van der Waals surface area (Å²) in [5.74, 6) is -12.9. The molecule has 0 spiro atoms. The van der Waals surface area contributed by atoms with Gasteiger partial charge in [-0.05, 0) is 91.6 Å². The molecule has 0 bridgehead atoms. The lowest BCUT2D eigenvalue weighted by Crippen LogP contribution is -2.37. The van der Waals surface area contributed by atoms with Gasteiger partial charge in [-0.15, -0.1) is 0 Å². The van der Waals surface area contributed by atoms with E-state index in [1.807, 2.05) is 12.1 Å². The minimum atomic E-state index is -5.10. The highest BCUT2D eigenvalue weighted by Crippen LogP contribution is 2.42. The standard InChI is InChI=1S/C38H35ClF5N3O6S/c1-2-53-30-18-24(38(49)50)10-11-29(30)47(19-21-14-25(22-8-9-22)16-26(15-21)46-12-3-4-13-46)31(48)20-54(51,52)45-37-35(43)33(41)27(34(42)36(37)44)17-23-6-5-7-28(39)32(23)40/h5-7,10-11,14-16,18,22,45H,2-4,8-9,12-13,17,19-20H2,1H3,(H,49,50). The second kappa shape index (κ2) is 15.8. The lowest BCUT2D eigenvalue weighted by Gasteiger charge is -2.27. The maximum atomic E-state index is 15.3. The van der Waals surface area contributed by atoms with Crippen molar-refractivity contribution in [1.29, 1.82) is 0 Å². The van der Waals surface area contributed by atoms with E-state index in [4.69, 9.17) is 16.3 Å². The summed E-state index contributed by atoms with van der Waals surface area (Å²) in [5.41, 5.74) is -0.885. The van der Waals surface area contributed by atoms with E-state index >= 15 is 17.6 Å². The molecule has 0 aromatic heterocycles. The molecule has 0 unspecified atom stereocenters. The van der Waals surface area contributed by atoms with Crippen LogP contribution < -0.4 is 19.3 Å². The number of nitrogens with zero attached hydrogens (tertiary/aromatic N) is 2. The number of amides is 1. The molecule has 16 heteroatoms. The molecule has 1 aliphatic carbocycles. The van der Waals surface area contributed by atoms with Crippen molar-refractivity contribution >= 4 is 50.6 Å². The molecular weight excluding hydrogens is 757 g/mol. The summed E-state index contributed by atoms with van der Waals surface area (Å²) >= 11 is 5.72. The van der Waals surface area contributed by atoms with Gasteiger partial charge in [0, 0.05) is 30.8 Å². The molecule has 54 heavy (non-hydrogen) atoms. The number of hydrogen-bond donors (Lipinski definition) is 2. The molecule has 1 amide bonds. The van der Waals surface area contributed by atoms with Gasteiger partial charge in [-0.1, -0.05) is 29.8 Å². The Morgan fingerprint density at radius 1 is 0.944 bits per heavy atom. The Hall–Kier alpha value is -4.89. The van der Waals surface area contributed by atoms with E-state index in [-0.39, 0.29) is 35.7 Å². The number of carboxylic acid groups (broad SMARTS) is 1. The molecule has 1 saturated heterocycles. The fourth-order valence-electron chi connectivity index (χ4n) is 6.46. The van der Waals surface area contributed by atoms with Crippen LogP contribution in [0.1, 0.15) is 71.1 Å². The number of carboxylic acids is 1. The van der Waals surface area contributed by atoms with Crippen molar-refractivity contribution in [3.63, 3.8) is 0 Å². The smallest absolute Gasteiger partial charge is 0.335 e. The van der Waals surface area contributed by atoms with E-state index in [1.54, 1.807) is 6.92 Å². The molecular formula is C38H35ClF5N3O6S. The maximum Gasteiger partial charge on any atom is 0.335 e. The predicted octanol–water partition coefficient (Wildman–Crippen LogP) is 8.18. The van der Waals surface area contributed by atoms with Crippen LogP contribution in [-0.4, -0.2) is 50.9 Å². The third-order valence-corrected chi connectivity index (χ3v) is 10.7. The van der Waals surface area contributed by atoms with Crippen molar-refractivity contribution in [2.24, 2.45) is 0 Å². The first kappa shape index (κ1) is 38.8. The Balaban J connectivity index is 1.34. The van der Waals surface area contributed by atoms with Crippen LogP contribution in [0.25, 0.3) is 0 Å². The number of rotatable bonds is 14. The monoisotopic (exact) mass is 791 g/mol. The van der Waals surface area contributed by atoms with Crippen LogP contribution in [0.2, 0.25) is 5.02 Å². The van der Waals surface area contributed by atoms with Crippen LogP contribution in [0.3, 0.4) is 0 Å². The molecule has 4 aromatic rings. The summed E-state index contributed by atoms with van der Waals surface area (Å²) in [6, 6.07) is 13.1. The Morgan fingerprint density at radius 3 is 2.26 bits per heavy atom. The van der Waals surface area contributed by atoms with E-state index in [9.17, 15) is 27.5 Å². The zero-order chi connectivity index (χ0) is 38.9. The zero-order valence-corrected chi connectivity index (χ0v) is 30.5. The van der Waals surface area contributed by atoms with Crippen molar-refractivity contribution in [2.45, 2.75) is 51.5 Å². The summed E-state index contributed by atoms with van der Waals surface area (Å²) in [4.78, 5) is 29.1. The Labute approximate surface area is 313 Å². The average molecular weight is 792 g/mol. The van der Waals surface area contributed by atoms with Gasteiger partial charge < -0.3 is 19.6 Å². The Kier molecular flexibility index (Phi) is 11.4. The second-order valence-corrected chi connectivity index (χ2v) is 15.3. The molecule has 0 atom stereocenters. The fourth-order valence-corrected chi connectivity index (χ4v) is 7.70. The van der Waals surface area contributed by atoms with E-state index in [2.05, 4.69) is 11.0 Å². The van der Waals surface area contributed by atoms with Crippen LogP contribution >= 0.6 is 11.6 Å². The quantitative estimate of drug-likeness (QED) is 0.0978. The number of hydrogen-bond acceptors (Lipinski definition) is 6. The molecule has 2 aliphatic rings. The van der Waals surface area contributed by atoms with Gasteiger partial charge in [0.25, 0.3) is 0 Å². The molecule has 1 aliphatic heterocycles. The van der Waals surface area contributed by atoms with Crippen LogP contribution in [0.15, 0.2) is 54.6 Å². The number of anilines is 3. The van der Waals surface area contributed by atoms with Gasteiger partial charge >= 0.3 is 5.97 Å². The third-order valence-electron chi connectivity index (χ3n) is 9.28. The zero-order valence-electron chi connectivity index (χ0n) is 28.9. The van der Waals surface area contributed by atoms with Gasteiger partial charge in [0.05, 0.1) is 29.4 Å². The summed E-state index contributed by atoms with van der Waals surface area (Å²) in [5, 5.41) is 9.20. The molecule has 1 saturated carbocycles. The number of aromatic carboxylic acids is 1. The van der Waals surface area contributed by atoms with Gasteiger partial charge in [0.15, 0.2) is 23.3 Å². The first-order valence-electron chi connectivity index (χ1n) is 17.1. The van der Waals surface area contributed by atoms with E-state index in [0.717, 1.165) is 67.1 Å². The van der Waals surface area contributed by atoms with Crippen LogP contribution in [0, 0.1) is 29.1 Å². The van der Waals surface area contributed by atoms with Crippen LogP contribution in [-0.2, 0) is 27.8 Å². The predicted molar refractivity (Wildman–Crippen MR) is 194 cm³/mol. The molecule has 2 fully saturated rings. The van der Waals surface area contributed by atoms with Gasteiger partial charge in [-0.25, -0.2) is 35.2 Å². The minimum Gasteiger partial charge on any atom is -0.492 e. The van der Waals surface area contributed by atoms with Crippen molar-refractivity contribution in [3.8, 4) is 5.75 Å². The summed E-state index contributed by atoms with van der Waals surface area (Å²) < 4.78 is 109. The summed E-state index contributed by atoms with van der Waals surface area (Å²) in [6.45, 7) is 3.11. The second-order valence-electron chi connectivity index (χ2n) is 13.2. The van der Waals surface area contributed by atoms with Gasteiger partial charge in [0.2, 0.25) is 15.9 Å². The highest BCUT2D eigenvalue weighted by molar-refractivity contribution is 7.93. The number of halogens is 6.